The van der Waals surface area contributed by atoms with Crippen LogP contribution in [0, 0.1) is 12.9 Å². The molecule has 130 valence electrons. The normalized spacial score (nSPS) is 10.8. The Hall–Kier alpha value is -3.06. The van der Waals surface area contributed by atoms with Crippen molar-refractivity contribution in [3.8, 4) is 16.9 Å². The number of nitrogens with one attached hydrogen (secondary N) is 1. The van der Waals surface area contributed by atoms with Gasteiger partial charge < -0.3 is 5.32 Å². The van der Waals surface area contributed by atoms with Crippen LogP contribution in [0.5, 0.6) is 0 Å². The van der Waals surface area contributed by atoms with Gasteiger partial charge in [-0.05, 0) is 31.2 Å². The van der Waals surface area contributed by atoms with Crippen LogP contribution in [0.25, 0.3) is 16.9 Å². The van der Waals surface area contributed by atoms with E-state index in [1.165, 1.54) is 17.4 Å². The number of para-hydroxylation sites is 1. The van der Waals surface area contributed by atoms with E-state index in [-0.39, 0.29) is 0 Å². The van der Waals surface area contributed by atoms with Crippen LogP contribution in [-0.4, -0.2) is 19.7 Å². The Kier molecular flexibility index (Phi) is 4.45. The molecule has 0 aliphatic heterocycles. The number of thiazole rings is 1. The van der Waals surface area contributed by atoms with Crippen molar-refractivity contribution in [1.82, 2.24) is 19.7 Å². The van der Waals surface area contributed by atoms with Crippen molar-refractivity contribution in [3.63, 3.8) is 0 Å². The predicted octanol–water partition coefficient (Wildman–Crippen LogP) is 4.45. The average Bonchev–Trinajstić information content (AvgIpc) is 3.27. The highest BCUT2D eigenvalue weighted by molar-refractivity contribution is 7.14. The van der Waals surface area contributed by atoms with E-state index in [9.17, 15) is 4.39 Å². The number of aromatic nitrogens is 4. The van der Waals surface area contributed by atoms with Crippen molar-refractivity contribution in [2.45, 2.75) is 13.5 Å². The molecule has 26 heavy (non-hydrogen) atoms. The number of benzene rings is 1. The zero-order chi connectivity index (χ0) is 17.9. The molecule has 0 saturated carbocycles. The summed E-state index contributed by atoms with van der Waals surface area (Å²) < 4.78 is 15.0. The second-order valence-corrected chi connectivity index (χ2v) is 6.59. The van der Waals surface area contributed by atoms with Gasteiger partial charge in [0.25, 0.3) is 0 Å². The van der Waals surface area contributed by atoms with Gasteiger partial charge in [0.15, 0.2) is 5.13 Å². The number of rotatable bonds is 5. The number of hydrogen-bond donors (Lipinski definition) is 1. The van der Waals surface area contributed by atoms with Crippen molar-refractivity contribution < 1.29 is 4.39 Å². The molecule has 0 radical (unpaired) electrons. The third-order valence-corrected chi connectivity index (χ3v) is 4.78. The fraction of sp³-hybridized carbons (Fsp3) is 0.105. The molecule has 0 amide bonds. The van der Waals surface area contributed by atoms with Crippen molar-refractivity contribution >= 4 is 16.5 Å². The van der Waals surface area contributed by atoms with Crippen molar-refractivity contribution in [1.29, 1.82) is 0 Å². The van der Waals surface area contributed by atoms with E-state index in [0.29, 0.717) is 12.2 Å². The van der Waals surface area contributed by atoms with E-state index >= 15 is 0 Å². The van der Waals surface area contributed by atoms with E-state index in [4.69, 9.17) is 0 Å². The van der Waals surface area contributed by atoms with Crippen molar-refractivity contribution in [2.24, 2.45) is 0 Å². The quantitative estimate of drug-likeness (QED) is 0.531. The summed E-state index contributed by atoms with van der Waals surface area (Å²) in [6.07, 6.45) is 1.83. The van der Waals surface area contributed by atoms with Crippen LogP contribution in [0.3, 0.4) is 0 Å². The first-order valence-electron chi connectivity index (χ1n) is 8.12. The predicted molar refractivity (Wildman–Crippen MR) is 101 cm³/mol. The first kappa shape index (κ1) is 16.4. The molecule has 0 atom stereocenters. The van der Waals surface area contributed by atoms with Gasteiger partial charge in [-0.2, -0.15) is 9.49 Å². The number of hydrogen-bond acceptors (Lipinski definition) is 5. The fourth-order valence-corrected chi connectivity index (χ4v) is 3.39. The molecule has 0 fully saturated rings. The topological polar surface area (TPSA) is 55.6 Å². The second kappa shape index (κ2) is 7.05. The molecule has 3 heterocycles. The second-order valence-electron chi connectivity index (χ2n) is 5.73. The Balaban J connectivity index is 1.52. The van der Waals surface area contributed by atoms with Crippen LogP contribution >= 0.6 is 11.3 Å². The monoisotopic (exact) mass is 365 g/mol. The van der Waals surface area contributed by atoms with E-state index < -0.39 is 5.95 Å². The maximum atomic E-state index is 13.1. The molecular formula is C19H16FN5S. The highest BCUT2D eigenvalue weighted by atomic mass is 32.1. The molecule has 0 unspecified atom stereocenters. The minimum absolute atomic E-state index is 0.424. The molecule has 7 heteroatoms. The molecule has 1 aromatic carbocycles. The Morgan fingerprint density at radius 2 is 1.92 bits per heavy atom. The molecule has 0 aliphatic rings. The molecule has 0 aliphatic carbocycles. The number of nitrogens with zero attached hydrogens (tertiary/aromatic N) is 4. The third kappa shape index (κ3) is 3.34. The molecule has 4 aromatic rings. The lowest BCUT2D eigenvalue weighted by Crippen LogP contribution is -2.02. The summed E-state index contributed by atoms with van der Waals surface area (Å²) in [5.74, 6) is -0.479. The van der Waals surface area contributed by atoms with E-state index in [1.807, 2.05) is 53.5 Å². The first-order valence-corrected chi connectivity index (χ1v) is 9.00. The lowest BCUT2D eigenvalue weighted by atomic mass is 10.2. The minimum atomic E-state index is -0.479. The van der Waals surface area contributed by atoms with Gasteiger partial charge in [0, 0.05) is 10.9 Å². The smallest absolute Gasteiger partial charge is 0.213 e. The molecular weight excluding hydrogens is 349 g/mol. The Labute approximate surface area is 154 Å². The SMILES string of the molecule is Cc1c(-c2csc(NCc3cccc(F)n3)n2)cnn1-c1ccccc1. The van der Waals surface area contributed by atoms with Crippen LogP contribution < -0.4 is 5.32 Å². The molecule has 1 N–H and O–H groups in total. The van der Waals surface area contributed by atoms with E-state index in [1.54, 1.807) is 12.1 Å². The summed E-state index contributed by atoms with van der Waals surface area (Å²) in [7, 11) is 0. The van der Waals surface area contributed by atoms with E-state index in [0.717, 1.165) is 27.8 Å². The zero-order valence-corrected chi connectivity index (χ0v) is 14.9. The number of pyridine rings is 1. The van der Waals surface area contributed by atoms with Crippen LogP contribution in [0.1, 0.15) is 11.4 Å². The van der Waals surface area contributed by atoms with Crippen LogP contribution in [0.4, 0.5) is 9.52 Å². The summed E-state index contributed by atoms with van der Waals surface area (Å²) >= 11 is 1.50. The van der Waals surface area contributed by atoms with Gasteiger partial charge in [-0.3, -0.25) is 0 Å². The highest BCUT2D eigenvalue weighted by Crippen LogP contribution is 2.28. The van der Waals surface area contributed by atoms with Crippen LogP contribution in [0.2, 0.25) is 0 Å². The van der Waals surface area contributed by atoms with Gasteiger partial charge >= 0.3 is 0 Å². The minimum Gasteiger partial charge on any atom is -0.356 e. The van der Waals surface area contributed by atoms with Crippen molar-refractivity contribution in [3.05, 3.63) is 77.4 Å². The highest BCUT2D eigenvalue weighted by Gasteiger charge is 2.13. The Morgan fingerprint density at radius 3 is 2.73 bits per heavy atom. The lowest BCUT2D eigenvalue weighted by Gasteiger charge is -2.04. The molecule has 4 rings (SSSR count). The summed E-state index contributed by atoms with van der Waals surface area (Å²) in [6, 6.07) is 14.7. The fourth-order valence-electron chi connectivity index (χ4n) is 2.68. The van der Waals surface area contributed by atoms with Gasteiger partial charge in [0.2, 0.25) is 5.95 Å². The lowest BCUT2D eigenvalue weighted by molar-refractivity contribution is 0.578. The number of halogens is 1. The standard InChI is InChI=1S/C19H16FN5S/c1-13-16(11-22-25(13)15-7-3-2-4-8-15)17-12-26-19(24-17)21-10-14-6-5-9-18(20)23-14/h2-9,11-12H,10H2,1H3,(H,21,24). The summed E-state index contributed by atoms with van der Waals surface area (Å²) in [4.78, 5) is 8.46. The zero-order valence-electron chi connectivity index (χ0n) is 14.1. The van der Waals surface area contributed by atoms with Gasteiger partial charge in [-0.15, -0.1) is 11.3 Å². The van der Waals surface area contributed by atoms with Gasteiger partial charge in [0.1, 0.15) is 0 Å². The Bertz CT molecular complexity index is 1030. The summed E-state index contributed by atoms with van der Waals surface area (Å²) in [5.41, 5.74) is 4.53. The van der Waals surface area contributed by atoms with Crippen LogP contribution in [-0.2, 0) is 6.54 Å². The molecule has 3 aromatic heterocycles. The van der Waals surface area contributed by atoms with Gasteiger partial charge in [-0.1, -0.05) is 24.3 Å². The largest absolute Gasteiger partial charge is 0.356 e. The van der Waals surface area contributed by atoms with E-state index in [2.05, 4.69) is 20.4 Å². The first-order chi connectivity index (χ1) is 12.7. The molecule has 0 saturated heterocycles. The van der Waals surface area contributed by atoms with Crippen LogP contribution in [0.15, 0.2) is 60.1 Å². The maximum absolute atomic E-state index is 13.1. The molecule has 0 spiro atoms. The Morgan fingerprint density at radius 1 is 1.08 bits per heavy atom. The maximum Gasteiger partial charge on any atom is 0.213 e. The summed E-state index contributed by atoms with van der Waals surface area (Å²) in [6.45, 7) is 2.45. The van der Waals surface area contributed by atoms with Crippen molar-refractivity contribution in [2.75, 3.05) is 5.32 Å². The number of anilines is 1. The van der Waals surface area contributed by atoms with Gasteiger partial charge in [0.05, 0.1) is 35.5 Å². The average molecular weight is 365 g/mol. The van der Waals surface area contributed by atoms with Gasteiger partial charge in [-0.25, -0.2) is 14.6 Å². The molecule has 0 bridgehead atoms. The summed E-state index contributed by atoms with van der Waals surface area (Å²) in [5, 5.41) is 10.4. The third-order valence-electron chi connectivity index (χ3n) is 3.98. The molecule has 5 nitrogen and oxygen atoms in total.